The van der Waals surface area contributed by atoms with Gasteiger partial charge in [-0.2, -0.15) is 0 Å². The molecule has 1 aliphatic rings. The molecule has 1 fully saturated rings. The summed E-state index contributed by atoms with van der Waals surface area (Å²) in [6.45, 7) is 7.80. The van der Waals surface area contributed by atoms with Crippen LogP contribution in [0.5, 0.6) is 0 Å². The maximum Gasteiger partial charge on any atom is 0.319 e. The van der Waals surface area contributed by atoms with Crippen LogP contribution < -0.4 is 5.32 Å². The van der Waals surface area contributed by atoms with E-state index in [0.29, 0.717) is 6.61 Å². The molecule has 0 saturated heterocycles. The highest BCUT2D eigenvalue weighted by Crippen LogP contribution is 2.28. The highest BCUT2D eigenvalue weighted by molar-refractivity contribution is 5.98. The van der Waals surface area contributed by atoms with Gasteiger partial charge in [-0.25, -0.2) is 0 Å². The first-order valence-electron chi connectivity index (χ1n) is 8.33. The van der Waals surface area contributed by atoms with Gasteiger partial charge in [0.05, 0.1) is 6.61 Å². The summed E-state index contributed by atoms with van der Waals surface area (Å²) in [5.41, 5.74) is -0.433. The van der Waals surface area contributed by atoms with Crippen molar-refractivity contribution in [1.29, 1.82) is 0 Å². The van der Waals surface area contributed by atoms with Gasteiger partial charge in [0.2, 0.25) is 5.91 Å². The lowest BCUT2D eigenvalue weighted by Crippen LogP contribution is -2.47. The zero-order chi connectivity index (χ0) is 15.9. The van der Waals surface area contributed by atoms with Crippen molar-refractivity contribution in [2.24, 2.45) is 11.3 Å². The van der Waals surface area contributed by atoms with Crippen molar-refractivity contribution in [3.05, 3.63) is 0 Å². The molecule has 1 saturated carbocycles. The van der Waals surface area contributed by atoms with Gasteiger partial charge in [-0.3, -0.25) is 9.59 Å². The maximum absolute atomic E-state index is 12.6. The van der Waals surface area contributed by atoms with Crippen molar-refractivity contribution in [2.75, 3.05) is 6.61 Å². The van der Waals surface area contributed by atoms with E-state index in [9.17, 15) is 9.59 Å². The topological polar surface area (TPSA) is 55.4 Å². The fourth-order valence-electron chi connectivity index (χ4n) is 2.96. The van der Waals surface area contributed by atoms with Crippen molar-refractivity contribution in [2.45, 2.75) is 78.7 Å². The molecule has 1 atom stereocenters. The highest BCUT2D eigenvalue weighted by atomic mass is 16.5. The average Bonchev–Trinajstić information content (AvgIpc) is 2.31. The third kappa shape index (κ3) is 6.06. The first-order valence-corrected chi connectivity index (χ1v) is 8.33. The fourth-order valence-corrected chi connectivity index (χ4v) is 2.96. The van der Waals surface area contributed by atoms with Crippen LogP contribution >= 0.6 is 0 Å². The van der Waals surface area contributed by atoms with Gasteiger partial charge in [-0.05, 0) is 25.2 Å². The normalized spacial score (nSPS) is 19.2. The molecule has 122 valence electrons. The molecule has 1 aliphatic carbocycles. The minimum atomic E-state index is -0.733. The summed E-state index contributed by atoms with van der Waals surface area (Å²) in [5, 5.41) is 3.09. The number of ether oxygens (including phenoxy) is 1. The quantitative estimate of drug-likeness (QED) is 0.639. The molecule has 0 aromatic rings. The Labute approximate surface area is 129 Å². The van der Waals surface area contributed by atoms with Crippen LogP contribution in [0, 0.1) is 11.3 Å². The molecular weight excluding hydrogens is 266 g/mol. The van der Waals surface area contributed by atoms with Gasteiger partial charge in [0.25, 0.3) is 0 Å². The standard InChI is InChI=1S/C17H31NO3/c1-5-21-16(20)14(17(2,3)4)15(19)18-13-11-9-7-6-8-10-12-13/h13-14H,5-12H2,1-4H3,(H,18,19). The van der Waals surface area contributed by atoms with E-state index in [4.69, 9.17) is 4.74 Å². The summed E-state index contributed by atoms with van der Waals surface area (Å²) >= 11 is 0. The molecule has 0 aromatic carbocycles. The molecule has 0 heterocycles. The second-order valence-corrected chi connectivity index (χ2v) is 7.10. The van der Waals surface area contributed by atoms with E-state index in [0.717, 1.165) is 25.7 Å². The van der Waals surface area contributed by atoms with Crippen LogP contribution in [0.1, 0.15) is 72.6 Å². The predicted molar refractivity (Wildman–Crippen MR) is 83.8 cm³/mol. The van der Waals surface area contributed by atoms with Gasteiger partial charge in [-0.1, -0.05) is 52.9 Å². The van der Waals surface area contributed by atoms with Gasteiger partial charge in [-0.15, -0.1) is 0 Å². The molecule has 0 bridgehead atoms. The lowest BCUT2D eigenvalue weighted by Gasteiger charge is -2.30. The van der Waals surface area contributed by atoms with Crippen molar-refractivity contribution in [1.82, 2.24) is 5.32 Å². The van der Waals surface area contributed by atoms with E-state index < -0.39 is 17.3 Å². The van der Waals surface area contributed by atoms with E-state index in [-0.39, 0.29) is 11.9 Å². The Hall–Kier alpha value is -1.06. The summed E-state index contributed by atoms with van der Waals surface area (Å²) in [5.74, 6) is -1.32. The van der Waals surface area contributed by atoms with Gasteiger partial charge in [0, 0.05) is 6.04 Å². The van der Waals surface area contributed by atoms with E-state index in [1.807, 2.05) is 20.8 Å². The Bertz CT molecular complexity index is 338. The minimum absolute atomic E-state index is 0.175. The summed E-state index contributed by atoms with van der Waals surface area (Å²) in [6, 6.07) is 0.206. The van der Waals surface area contributed by atoms with Crippen LogP contribution in [0.4, 0.5) is 0 Å². The second-order valence-electron chi connectivity index (χ2n) is 7.10. The fraction of sp³-hybridized carbons (Fsp3) is 0.882. The molecule has 1 amide bonds. The summed E-state index contributed by atoms with van der Waals surface area (Å²) in [7, 11) is 0. The summed E-state index contributed by atoms with van der Waals surface area (Å²) < 4.78 is 5.09. The van der Waals surface area contributed by atoms with Crippen LogP contribution in [0.2, 0.25) is 0 Å². The summed E-state index contributed by atoms with van der Waals surface area (Å²) in [6.07, 6.45) is 8.14. The number of hydrogen-bond acceptors (Lipinski definition) is 3. The minimum Gasteiger partial charge on any atom is -0.465 e. The lowest BCUT2D eigenvalue weighted by molar-refractivity contribution is -0.156. The molecule has 1 rings (SSSR count). The third-order valence-corrected chi connectivity index (χ3v) is 4.10. The molecule has 4 heteroatoms. The molecule has 0 aliphatic heterocycles. The lowest BCUT2D eigenvalue weighted by atomic mass is 9.79. The Balaban J connectivity index is 2.68. The molecule has 0 radical (unpaired) electrons. The van der Waals surface area contributed by atoms with Crippen LogP contribution in [0.15, 0.2) is 0 Å². The van der Waals surface area contributed by atoms with Gasteiger partial charge < -0.3 is 10.1 Å². The largest absolute Gasteiger partial charge is 0.465 e. The number of amides is 1. The van der Waals surface area contributed by atoms with Crippen molar-refractivity contribution in [3.8, 4) is 0 Å². The third-order valence-electron chi connectivity index (χ3n) is 4.10. The van der Waals surface area contributed by atoms with Crippen LogP contribution in [-0.4, -0.2) is 24.5 Å². The molecule has 1 unspecified atom stereocenters. The van der Waals surface area contributed by atoms with Crippen molar-refractivity contribution in [3.63, 3.8) is 0 Å². The molecule has 21 heavy (non-hydrogen) atoms. The van der Waals surface area contributed by atoms with Crippen LogP contribution in [0.25, 0.3) is 0 Å². The Morgan fingerprint density at radius 2 is 1.62 bits per heavy atom. The summed E-state index contributed by atoms with van der Waals surface area (Å²) in [4.78, 5) is 24.7. The van der Waals surface area contributed by atoms with E-state index in [1.54, 1.807) is 6.92 Å². The molecule has 0 spiro atoms. The zero-order valence-electron chi connectivity index (χ0n) is 14.0. The molecule has 0 aromatic heterocycles. The number of esters is 1. The molecular formula is C17H31NO3. The van der Waals surface area contributed by atoms with Gasteiger partial charge in [0.1, 0.15) is 5.92 Å². The van der Waals surface area contributed by atoms with Crippen molar-refractivity contribution < 1.29 is 14.3 Å². The molecule has 4 nitrogen and oxygen atoms in total. The number of rotatable bonds is 4. The van der Waals surface area contributed by atoms with Gasteiger partial charge in [0.15, 0.2) is 0 Å². The SMILES string of the molecule is CCOC(=O)C(C(=O)NC1CCCCCCC1)C(C)(C)C. The first-order chi connectivity index (χ1) is 9.86. The maximum atomic E-state index is 12.6. The van der Waals surface area contributed by atoms with Gasteiger partial charge >= 0.3 is 5.97 Å². The monoisotopic (exact) mass is 297 g/mol. The Morgan fingerprint density at radius 3 is 2.10 bits per heavy atom. The number of hydrogen-bond donors (Lipinski definition) is 1. The van der Waals surface area contributed by atoms with Crippen LogP contribution in [-0.2, 0) is 14.3 Å². The predicted octanol–water partition coefficient (Wildman–Crippen LogP) is 3.44. The highest BCUT2D eigenvalue weighted by Gasteiger charge is 2.39. The van der Waals surface area contributed by atoms with E-state index in [1.165, 1.54) is 19.3 Å². The second kappa shape index (κ2) is 8.40. The van der Waals surface area contributed by atoms with Crippen molar-refractivity contribution >= 4 is 11.9 Å². The Morgan fingerprint density at radius 1 is 1.10 bits per heavy atom. The first kappa shape index (κ1) is 18.0. The Kier molecular flexibility index (Phi) is 7.20. The average molecular weight is 297 g/mol. The smallest absolute Gasteiger partial charge is 0.319 e. The van der Waals surface area contributed by atoms with E-state index >= 15 is 0 Å². The number of carbonyl (C=O) groups excluding carboxylic acids is 2. The zero-order valence-corrected chi connectivity index (χ0v) is 14.0. The van der Waals surface area contributed by atoms with E-state index in [2.05, 4.69) is 5.32 Å². The molecule has 1 N–H and O–H groups in total. The van der Waals surface area contributed by atoms with Crippen LogP contribution in [0.3, 0.4) is 0 Å². The number of carbonyl (C=O) groups is 2. The number of nitrogens with one attached hydrogen (secondary N) is 1.